The first-order valence-electron chi connectivity index (χ1n) is 19.9. The molecule has 1 aromatic carbocycles. The predicted molar refractivity (Wildman–Crippen MR) is 192 cm³/mol. The zero-order chi connectivity index (χ0) is 36.4. The van der Waals surface area contributed by atoms with Gasteiger partial charge in [-0.25, -0.2) is 0 Å². The summed E-state index contributed by atoms with van der Waals surface area (Å²) >= 11 is 0. The number of carbonyl (C=O) groups is 2. The minimum absolute atomic E-state index is 0.0644. The van der Waals surface area contributed by atoms with Crippen molar-refractivity contribution in [2.45, 2.75) is 161 Å². The normalized spacial score (nSPS) is 45.1. The second-order valence-electron chi connectivity index (χ2n) is 19.3. The predicted octanol–water partition coefficient (Wildman–Crippen LogP) is 6.10. The maximum atomic E-state index is 13.6. The van der Waals surface area contributed by atoms with Gasteiger partial charge in [0, 0.05) is 31.1 Å². The van der Waals surface area contributed by atoms with Crippen molar-refractivity contribution >= 4 is 11.9 Å². The fourth-order valence-corrected chi connectivity index (χ4v) is 13.7. The third kappa shape index (κ3) is 5.25. The number of nitrogens with zero attached hydrogens (tertiary/aromatic N) is 2. The van der Waals surface area contributed by atoms with E-state index in [0.717, 1.165) is 44.2 Å². The van der Waals surface area contributed by atoms with E-state index in [1.807, 2.05) is 23.1 Å². The van der Waals surface area contributed by atoms with E-state index in [2.05, 4.69) is 51.7 Å². The summed E-state index contributed by atoms with van der Waals surface area (Å²) in [6, 6.07) is 10.2. The molecule has 3 aliphatic carbocycles. The van der Waals surface area contributed by atoms with Gasteiger partial charge in [0.1, 0.15) is 0 Å². The fraction of sp³-hybridized carbons (Fsp3) is 0.810. The maximum absolute atomic E-state index is 13.6. The third-order valence-electron chi connectivity index (χ3n) is 16.0. The molecule has 7 aliphatic rings. The van der Waals surface area contributed by atoms with Crippen molar-refractivity contribution in [1.29, 1.82) is 0 Å². The minimum Gasteiger partial charge on any atom is -0.457 e. The Morgan fingerprint density at radius 1 is 1.06 bits per heavy atom. The Kier molecular flexibility index (Phi) is 8.45. The van der Waals surface area contributed by atoms with Crippen molar-refractivity contribution in [2.75, 3.05) is 19.7 Å². The van der Waals surface area contributed by atoms with Crippen molar-refractivity contribution < 1.29 is 33.6 Å². The molecule has 4 heterocycles. The highest BCUT2D eigenvalue weighted by atomic mass is 16.7. The van der Waals surface area contributed by atoms with Crippen LogP contribution in [-0.4, -0.2) is 93.9 Å². The Morgan fingerprint density at radius 2 is 1.80 bits per heavy atom. The van der Waals surface area contributed by atoms with Gasteiger partial charge < -0.3 is 29.0 Å². The number of carbonyl (C=O) groups excluding carboxylic acids is 2. The van der Waals surface area contributed by atoms with Crippen LogP contribution in [0.3, 0.4) is 0 Å². The molecule has 0 radical (unpaired) electrons. The van der Waals surface area contributed by atoms with Gasteiger partial charge in [0.05, 0.1) is 30.5 Å². The van der Waals surface area contributed by atoms with E-state index < -0.39 is 18.0 Å². The average molecular weight is 707 g/mol. The van der Waals surface area contributed by atoms with E-state index in [0.29, 0.717) is 37.5 Å². The van der Waals surface area contributed by atoms with Crippen molar-refractivity contribution in [3.05, 3.63) is 35.9 Å². The standard InChI is InChI=1S/C42H62N2O7/c1-26-22-29(34(38(5,6)47)49-27(2)45)50-30-23-40(8)31-15-19-44-37(3,4)32(14-16-42(44)25-41(31,42)18-17-39(40,7)33(26)30)51-36-35(46)43(20-21-48-36)24-28-12-10-9-11-13-28/h9-13,26,29-34,36,47H,14-25H2,1-8H3/t26-,29?,30?,31+,32+,33?,34+,36?,39-,40+,41+,42+/m1/s1. The molecule has 0 bridgehead atoms. The lowest BCUT2D eigenvalue weighted by Crippen LogP contribution is -2.69. The highest BCUT2D eigenvalue weighted by Crippen LogP contribution is 2.84. The molecule has 1 aromatic rings. The van der Waals surface area contributed by atoms with Crippen LogP contribution in [0.4, 0.5) is 0 Å². The molecular weight excluding hydrogens is 644 g/mol. The largest absolute Gasteiger partial charge is 0.457 e. The van der Waals surface area contributed by atoms with Crippen molar-refractivity contribution in [3.63, 3.8) is 0 Å². The number of aliphatic hydroxyl groups is 1. The van der Waals surface area contributed by atoms with Gasteiger partial charge in [-0.15, -0.1) is 0 Å². The van der Waals surface area contributed by atoms with Crippen molar-refractivity contribution in [1.82, 2.24) is 9.80 Å². The zero-order valence-corrected chi connectivity index (χ0v) is 32.3. The molecule has 1 N–H and O–H groups in total. The first-order chi connectivity index (χ1) is 24.0. The lowest BCUT2D eigenvalue weighted by molar-refractivity contribution is -0.242. The average Bonchev–Trinajstić information content (AvgIpc) is 3.65. The van der Waals surface area contributed by atoms with E-state index in [9.17, 15) is 14.7 Å². The smallest absolute Gasteiger partial charge is 0.303 e. The summed E-state index contributed by atoms with van der Waals surface area (Å²) in [4.78, 5) is 30.4. The summed E-state index contributed by atoms with van der Waals surface area (Å²) in [5.41, 5.74) is 0.458. The molecule has 4 aliphatic heterocycles. The molecule has 51 heavy (non-hydrogen) atoms. The van der Waals surface area contributed by atoms with Crippen LogP contribution in [0.25, 0.3) is 0 Å². The van der Waals surface area contributed by atoms with Crippen LogP contribution in [0.15, 0.2) is 30.3 Å². The van der Waals surface area contributed by atoms with E-state index >= 15 is 0 Å². The Balaban J connectivity index is 0.993. The van der Waals surface area contributed by atoms with Gasteiger partial charge in [0.15, 0.2) is 6.10 Å². The molecule has 7 fully saturated rings. The third-order valence-corrected chi connectivity index (χ3v) is 16.0. The van der Waals surface area contributed by atoms with Gasteiger partial charge in [-0.1, -0.05) is 51.1 Å². The fourth-order valence-electron chi connectivity index (χ4n) is 13.7. The van der Waals surface area contributed by atoms with Crippen LogP contribution >= 0.6 is 0 Å². The number of rotatable bonds is 7. The second kappa shape index (κ2) is 12.0. The summed E-state index contributed by atoms with van der Waals surface area (Å²) in [5, 5.41) is 11.1. The van der Waals surface area contributed by atoms with E-state index in [4.69, 9.17) is 18.9 Å². The second-order valence-corrected chi connectivity index (χ2v) is 19.3. The lowest BCUT2D eigenvalue weighted by atomic mass is 9.45. The SMILES string of the molecule is CC(=O)O[C@@H](C1C[C@@H](C)C2C(C[C@@]3(C)[C@@H]4CCN5C(C)(C)[C@@H](OC6OCCN(Cc7ccccc7)C6=O)CC[C@@]56C[C@@]46CC[C@]23C)O1)C(C)(C)O. The summed E-state index contributed by atoms with van der Waals surface area (Å²) in [6.45, 7) is 19.8. The summed E-state index contributed by atoms with van der Waals surface area (Å²) in [7, 11) is 0. The van der Waals surface area contributed by atoms with Gasteiger partial charge in [0.2, 0.25) is 6.29 Å². The Labute approximate surface area is 305 Å². The number of esters is 1. The number of morpholine rings is 1. The van der Waals surface area contributed by atoms with Crippen LogP contribution in [0, 0.1) is 34.0 Å². The van der Waals surface area contributed by atoms with E-state index in [1.165, 1.54) is 26.2 Å². The van der Waals surface area contributed by atoms with Gasteiger partial charge >= 0.3 is 5.97 Å². The maximum Gasteiger partial charge on any atom is 0.303 e. The van der Waals surface area contributed by atoms with Gasteiger partial charge in [0.25, 0.3) is 5.91 Å². The highest BCUT2D eigenvalue weighted by molar-refractivity contribution is 5.80. The first-order valence-corrected chi connectivity index (χ1v) is 19.9. The van der Waals surface area contributed by atoms with E-state index in [-0.39, 0.29) is 57.5 Å². The number of hydrogen-bond donors (Lipinski definition) is 1. The van der Waals surface area contributed by atoms with Crippen molar-refractivity contribution in [3.8, 4) is 0 Å². The molecule has 4 unspecified atom stereocenters. The topological polar surface area (TPSA) is 97.8 Å². The molecule has 3 saturated carbocycles. The number of fused-ring (bicyclic) bond motifs is 4. The Bertz CT molecular complexity index is 1530. The molecule has 4 saturated heterocycles. The summed E-state index contributed by atoms with van der Waals surface area (Å²) < 4.78 is 25.5. The van der Waals surface area contributed by atoms with Gasteiger partial charge in [-0.05, 0) is 125 Å². The van der Waals surface area contributed by atoms with Gasteiger partial charge in [-0.2, -0.15) is 0 Å². The van der Waals surface area contributed by atoms with Crippen LogP contribution in [0.1, 0.15) is 112 Å². The molecule has 8 rings (SSSR count). The Hall–Kier alpha value is -2.04. The van der Waals surface area contributed by atoms with Crippen LogP contribution < -0.4 is 0 Å². The number of amides is 1. The minimum atomic E-state index is -1.19. The van der Waals surface area contributed by atoms with Crippen LogP contribution in [0.2, 0.25) is 0 Å². The molecule has 1 amide bonds. The number of ether oxygens (including phenoxy) is 4. The first kappa shape index (κ1) is 36.0. The van der Waals surface area contributed by atoms with Crippen LogP contribution in [-0.2, 0) is 35.1 Å². The number of benzene rings is 1. The Morgan fingerprint density at radius 3 is 2.51 bits per heavy atom. The molecule has 9 heteroatoms. The molecule has 12 atom stereocenters. The summed E-state index contributed by atoms with van der Waals surface area (Å²) in [6.07, 6.45) is 6.83. The molecule has 2 spiro atoms. The van der Waals surface area contributed by atoms with Crippen LogP contribution in [0.5, 0.6) is 0 Å². The molecule has 282 valence electrons. The van der Waals surface area contributed by atoms with E-state index in [1.54, 1.807) is 13.8 Å². The quantitative estimate of drug-likeness (QED) is 0.340. The monoisotopic (exact) mass is 706 g/mol. The highest BCUT2D eigenvalue weighted by Gasteiger charge is 2.83. The molecule has 0 aromatic heterocycles. The zero-order valence-electron chi connectivity index (χ0n) is 32.3. The van der Waals surface area contributed by atoms with Crippen molar-refractivity contribution in [2.24, 2.45) is 34.0 Å². The molecular formula is C42H62N2O7. The van der Waals surface area contributed by atoms with Gasteiger partial charge in [-0.3, -0.25) is 14.5 Å². The number of hydrogen-bond acceptors (Lipinski definition) is 8. The summed E-state index contributed by atoms with van der Waals surface area (Å²) in [5.74, 6) is 1.02. The molecule has 9 nitrogen and oxygen atoms in total. The lowest BCUT2D eigenvalue weighted by Gasteiger charge is -2.64. The number of piperidine rings is 2.